The average molecular weight is 174 g/mol. The number of aliphatic hydroxyl groups excluding tert-OH is 1. The quantitative estimate of drug-likeness (QED) is 0.682. The highest BCUT2D eigenvalue weighted by Gasteiger charge is 2.07. The monoisotopic (exact) mass is 174 g/mol. The number of benzene rings is 1. The van der Waals surface area contributed by atoms with Crippen molar-refractivity contribution in [2.24, 2.45) is 0 Å². The van der Waals surface area contributed by atoms with Crippen LogP contribution in [0.25, 0.3) is 11.0 Å². The van der Waals surface area contributed by atoms with E-state index < -0.39 is 6.10 Å². The van der Waals surface area contributed by atoms with E-state index in [9.17, 15) is 5.11 Å². The number of imidazole rings is 1. The first kappa shape index (κ1) is 8.01. The molecule has 0 aliphatic heterocycles. The summed E-state index contributed by atoms with van der Waals surface area (Å²) in [5.74, 6) is 0.538. The van der Waals surface area contributed by atoms with Gasteiger partial charge in [-0.25, -0.2) is 4.98 Å². The lowest BCUT2D eigenvalue weighted by atomic mass is 10.3. The second-order valence-electron chi connectivity index (χ2n) is 2.82. The predicted octanol–water partition coefficient (Wildman–Crippen LogP) is 1.78. The molecule has 3 heteroatoms. The number of nitrogens with zero attached hydrogens (tertiary/aromatic N) is 1. The maximum atomic E-state index is 9.42. The van der Waals surface area contributed by atoms with Gasteiger partial charge in [0.25, 0.3) is 0 Å². The van der Waals surface area contributed by atoms with Crippen LogP contribution in [0.3, 0.4) is 0 Å². The molecule has 2 aromatic rings. The van der Waals surface area contributed by atoms with Gasteiger partial charge in [-0.05, 0) is 12.1 Å². The van der Waals surface area contributed by atoms with Gasteiger partial charge in [0.1, 0.15) is 11.9 Å². The van der Waals surface area contributed by atoms with Gasteiger partial charge in [-0.15, -0.1) is 6.58 Å². The smallest absolute Gasteiger partial charge is 0.140 e. The third kappa shape index (κ3) is 1.34. The summed E-state index contributed by atoms with van der Waals surface area (Å²) in [6.45, 7) is 3.50. The largest absolute Gasteiger partial charge is 0.381 e. The van der Waals surface area contributed by atoms with E-state index in [0.29, 0.717) is 5.82 Å². The Labute approximate surface area is 75.7 Å². The topological polar surface area (TPSA) is 48.9 Å². The second-order valence-corrected chi connectivity index (χ2v) is 2.82. The molecule has 0 aliphatic rings. The zero-order valence-electron chi connectivity index (χ0n) is 7.07. The lowest BCUT2D eigenvalue weighted by molar-refractivity contribution is 0.220. The number of hydrogen-bond donors (Lipinski definition) is 2. The van der Waals surface area contributed by atoms with Crippen LogP contribution < -0.4 is 0 Å². The molecule has 1 aromatic carbocycles. The number of para-hydroxylation sites is 2. The fourth-order valence-corrected chi connectivity index (χ4v) is 1.22. The van der Waals surface area contributed by atoms with E-state index >= 15 is 0 Å². The van der Waals surface area contributed by atoms with Crippen molar-refractivity contribution in [3.8, 4) is 0 Å². The Bertz CT molecular complexity index is 400. The van der Waals surface area contributed by atoms with Gasteiger partial charge in [-0.2, -0.15) is 0 Å². The van der Waals surface area contributed by atoms with Gasteiger partial charge < -0.3 is 10.1 Å². The highest BCUT2D eigenvalue weighted by atomic mass is 16.3. The van der Waals surface area contributed by atoms with Crippen molar-refractivity contribution in [3.63, 3.8) is 0 Å². The minimum atomic E-state index is -0.715. The zero-order valence-corrected chi connectivity index (χ0v) is 7.07. The average Bonchev–Trinajstić information content (AvgIpc) is 2.59. The number of fused-ring (bicyclic) bond motifs is 1. The van der Waals surface area contributed by atoms with Crippen molar-refractivity contribution in [3.05, 3.63) is 42.7 Å². The molecule has 1 atom stereocenters. The number of aromatic amines is 1. The lowest BCUT2D eigenvalue weighted by Crippen LogP contribution is -1.94. The summed E-state index contributed by atoms with van der Waals surface area (Å²) < 4.78 is 0. The van der Waals surface area contributed by atoms with Gasteiger partial charge in [-0.1, -0.05) is 18.2 Å². The molecule has 2 rings (SSSR count). The van der Waals surface area contributed by atoms with Crippen LogP contribution in [0.2, 0.25) is 0 Å². The van der Waals surface area contributed by atoms with E-state index in [1.165, 1.54) is 6.08 Å². The number of hydrogen-bond acceptors (Lipinski definition) is 2. The summed E-state index contributed by atoms with van der Waals surface area (Å²) in [6, 6.07) is 7.64. The van der Waals surface area contributed by atoms with Crippen LogP contribution >= 0.6 is 0 Å². The number of H-pyrrole nitrogens is 1. The van der Waals surface area contributed by atoms with Crippen LogP contribution in [0.5, 0.6) is 0 Å². The highest BCUT2D eigenvalue weighted by molar-refractivity contribution is 5.74. The van der Waals surface area contributed by atoms with E-state index in [1.807, 2.05) is 24.3 Å². The summed E-state index contributed by atoms with van der Waals surface area (Å²) in [5, 5.41) is 9.42. The van der Waals surface area contributed by atoms with Crippen molar-refractivity contribution in [1.29, 1.82) is 0 Å². The van der Waals surface area contributed by atoms with Crippen LogP contribution in [0.1, 0.15) is 11.9 Å². The number of nitrogens with one attached hydrogen (secondary N) is 1. The van der Waals surface area contributed by atoms with E-state index in [0.717, 1.165) is 11.0 Å². The van der Waals surface area contributed by atoms with Crippen LogP contribution in [0.4, 0.5) is 0 Å². The minimum absolute atomic E-state index is 0.538. The van der Waals surface area contributed by atoms with Crippen molar-refractivity contribution in [2.45, 2.75) is 6.10 Å². The van der Waals surface area contributed by atoms with Gasteiger partial charge in [0.2, 0.25) is 0 Å². The molecule has 0 spiro atoms. The summed E-state index contributed by atoms with van der Waals surface area (Å²) in [4.78, 5) is 7.22. The van der Waals surface area contributed by atoms with Gasteiger partial charge >= 0.3 is 0 Å². The molecule has 0 radical (unpaired) electrons. The van der Waals surface area contributed by atoms with E-state index in [-0.39, 0.29) is 0 Å². The van der Waals surface area contributed by atoms with Crippen LogP contribution in [-0.2, 0) is 0 Å². The predicted molar refractivity (Wildman–Crippen MR) is 51.3 cm³/mol. The Kier molecular flexibility index (Phi) is 1.87. The first-order valence-electron chi connectivity index (χ1n) is 4.06. The van der Waals surface area contributed by atoms with Crippen molar-refractivity contribution >= 4 is 11.0 Å². The minimum Gasteiger partial charge on any atom is -0.381 e. The van der Waals surface area contributed by atoms with Crippen LogP contribution in [0.15, 0.2) is 36.9 Å². The molecule has 0 bridgehead atoms. The Balaban J connectivity index is 2.55. The molecule has 0 amide bonds. The fourth-order valence-electron chi connectivity index (χ4n) is 1.22. The van der Waals surface area contributed by atoms with Crippen molar-refractivity contribution in [2.75, 3.05) is 0 Å². The van der Waals surface area contributed by atoms with Crippen molar-refractivity contribution in [1.82, 2.24) is 9.97 Å². The Morgan fingerprint density at radius 2 is 2.23 bits per heavy atom. The molecular weight excluding hydrogens is 164 g/mol. The molecule has 0 aliphatic carbocycles. The Morgan fingerprint density at radius 3 is 2.92 bits per heavy atom. The number of rotatable bonds is 2. The standard InChI is InChI=1S/C10H10N2O/c1-2-9(13)10-11-7-5-3-4-6-8(7)12-10/h2-6,9,13H,1H2,(H,11,12). The maximum absolute atomic E-state index is 9.42. The van der Waals surface area contributed by atoms with Gasteiger partial charge in [0.15, 0.2) is 0 Å². The van der Waals surface area contributed by atoms with Crippen molar-refractivity contribution < 1.29 is 5.11 Å². The first-order chi connectivity index (χ1) is 6.31. The van der Waals surface area contributed by atoms with E-state index in [4.69, 9.17) is 0 Å². The van der Waals surface area contributed by atoms with E-state index in [2.05, 4.69) is 16.5 Å². The maximum Gasteiger partial charge on any atom is 0.140 e. The Hall–Kier alpha value is -1.61. The lowest BCUT2D eigenvalue weighted by Gasteiger charge is -1.97. The molecule has 66 valence electrons. The summed E-state index contributed by atoms with van der Waals surface area (Å²) in [7, 11) is 0. The molecular formula is C10H10N2O. The number of aromatic nitrogens is 2. The molecule has 3 nitrogen and oxygen atoms in total. The molecule has 13 heavy (non-hydrogen) atoms. The third-order valence-corrected chi connectivity index (χ3v) is 1.91. The summed E-state index contributed by atoms with van der Waals surface area (Å²) in [6.07, 6.45) is 0.727. The molecule has 1 heterocycles. The SMILES string of the molecule is C=CC(O)c1nc2ccccc2[nH]1. The second kappa shape index (κ2) is 3.03. The summed E-state index contributed by atoms with van der Waals surface area (Å²) >= 11 is 0. The van der Waals surface area contributed by atoms with Gasteiger partial charge in [0, 0.05) is 0 Å². The number of aliphatic hydroxyl groups is 1. The summed E-state index contributed by atoms with van der Waals surface area (Å²) in [5.41, 5.74) is 1.79. The third-order valence-electron chi connectivity index (χ3n) is 1.91. The highest BCUT2D eigenvalue weighted by Crippen LogP contribution is 2.15. The van der Waals surface area contributed by atoms with Crippen LogP contribution in [-0.4, -0.2) is 15.1 Å². The van der Waals surface area contributed by atoms with E-state index in [1.54, 1.807) is 0 Å². The molecule has 1 aromatic heterocycles. The normalized spacial score (nSPS) is 13.0. The molecule has 0 saturated carbocycles. The molecule has 1 unspecified atom stereocenters. The molecule has 2 N–H and O–H groups in total. The Morgan fingerprint density at radius 1 is 1.46 bits per heavy atom. The first-order valence-corrected chi connectivity index (χ1v) is 4.06. The molecule has 0 fully saturated rings. The van der Waals surface area contributed by atoms with Gasteiger partial charge in [-0.3, -0.25) is 0 Å². The molecule has 0 saturated heterocycles. The van der Waals surface area contributed by atoms with Gasteiger partial charge in [0.05, 0.1) is 11.0 Å². The zero-order chi connectivity index (χ0) is 9.26. The fraction of sp³-hybridized carbons (Fsp3) is 0.100. The van der Waals surface area contributed by atoms with Crippen LogP contribution in [0, 0.1) is 0 Å².